The third-order valence-corrected chi connectivity index (χ3v) is 5.77. The molecule has 1 amide bonds. The number of anilines is 1. The van der Waals surface area contributed by atoms with E-state index in [1.165, 1.54) is 11.6 Å². The molecular formula is C23H36N6O4. The molecule has 0 spiro atoms. The Morgan fingerprint density at radius 2 is 1.88 bits per heavy atom. The number of aromatic nitrogens is 4. The van der Waals surface area contributed by atoms with E-state index in [4.69, 9.17) is 9.72 Å². The Hall–Kier alpha value is -3.04. The first-order valence-electron chi connectivity index (χ1n) is 11.4. The van der Waals surface area contributed by atoms with Crippen LogP contribution in [-0.2, 0) is 25.4 Å². The molecule has 1 saturated heterocycles. The average molecular weight is 461 g/mol. The SMILES string of the molecule is CC(C)=CCn1c(N2CCCCC2CNC(=O)OC(C)(C)C)nc2c1c(=O)n(C)c(=O)n2C. The van der Waals surface area contributed by atoms with E-state index < -0.39 is 17.4 Å². The van der Waals surface area contributed by atoms with Gasteiger partial charge in [-0.15, -0.1) is 0 Å². The summed E-state index contributed by atoms with van der Waals surface area (Å²) in [6.45, 7) is 11.1. The molecule has 0 aliphatic carbocycles. The van der Waals surface area contributed by atoms with Gasteiger partial charge in [-0.2, -0.15) is 4.98 Å². The lowest BCUT2D eigenvalue weighted by Gasteiger charge is -2.36. The predicted octanol–water partition coefficient (Wildman–Crippen LogP) is 2.28. The number of alkyl carbamates (subject to hydrolysis) is 1. The van der Waals surface area contributed by atoms with Gasteiger partial charge < -0.3 is 19.5 Å². The summed E-state index contributed by atoms with van der Waals surface area (Å²) in [4.78, 5) is 44.7. The van der Waals surface area contributed by atoms with Crippen LogP contribution in [0, 0.1) is 0 Å². The number of piperidine rings is 1. The van der Waals surface area contributed by atoms with E-state index in [0.717, 1.165) is 35.9 Å². The summed E-state index contributed by atoms with van der Waals surface area (Å²) in [5.41, 5.74) is 0.536. The molecule has 1 atom stereocenters. The number of carbonyl (C=O) groups excluding carboxylic acids is 1. The maximum absolute atomic E-state index is 13.1. The number of nitrogens with zero attached hydrogens (tertiary/aromatic N) is 5. The van der Waals surface area contributed by atoms with Crippen molar-refractivity contribution in [3.63, 3.8) is 0 Å². The van der Waals surface area contributed by atoms with E-state index >= 15 is 0 Å². The fourth-order valence-corrected chi connectivity index (χ4v) is 4.09. The second-order valence-electron chi connectivity index (χ2n) is 9.91. The number of aryl methyl sites for hydroxylation is 1. The molecule has 3 rings (SSSR count). The molecule has 10 heteroatoms. The lowest BCUT2D eigenvalue weighted by atomic mass is 10.0. The van der Waals surface area contributed by atoms with Gasteiger partial charge in [0.2, 0.25) is 5.95 Å². The second-order valence-corrected chi connectivity index (χ2v) is 9.91. The Bertz CT molecular complexity index is 1180. The molecule has 10 nitrogen and oxygen atoms in total. The van der Waals surface area contributed by atoms with E-state index in [1.807, 2.05) is 45.3 Å². The van der Waals surface area contributed by atoms with Crippen LogP contribution in [0.1, 0.15) is 53.9 Å². The molecule has 1 aliphatic heterocycles. The molecule has 2 aromatic rings. The van der Waals surface area contributed by atoms with Crippen molar-refractivity contribution in [3.05, 3.63) is 32.5 Å². The molecule has 0 bridgehead atoms. The van der Waals surface area contributed by atoms with Crippen molar-refractivity contribution in [2.24, 2.45) is 14.1 Å². The summed E-state index contributed by atoms with van der Waals surface area (Å²) in [5, 5.41) is 2.88. The number of imidazole rings is 1. The van der Waals surface area contributed by atoms with Crippen molar-refractivity contribution >= 4 is 23.2 Å². The zero-order chi connectivity index (χ0) is 24.5. The molecule has 33 heavy (non-hydrogen) atoms. The highest BCUT2D eigenvalue weighted by atomic mass is 16.6. The first-order valence-corrected chi connectivity index (χ1v) is 11.4. The number of hydrogen-bond acceptors (Lipinski definition) is 6. The van der Waals surface area contributed by atoms with Crippen LogP contribution in [0.3, 0.4) is 0 Å². The summed E-state index contributed by atoms with van der Waals surface area (Å²) in [5.74, 6) is 0.636. The van der Waals surface area contributed by atoms with Crippen LogP contribution >= 0.6 is 0 Å². The van der Waals surface area contributed by atoms with Crippen LogP contribution in [-0.4, -0.2) is 49.5 Å². The van der Waals surface area contributed by atoms with Crippen molar-refractivity contribution in [1.82, 2.24) is 24.0 Å². The maximum Gasteiger partial charge on any atom is 0.407 e. The summed E-state index contributed by atoms with van der Waals surface area (Å²) in [7, 11) is 3.11. The van der Waals surface area contributed by atoms with Gasteiger partial charge in [-0.25, -0.2) is 9.59 Å². The smallest absolute Gasteiger partial charge is 0.407 e. The minimum Gasteiger partial charge on any atom is -0.444 e. The van der Waals surface area contributed by atoms with Crippen LogP contribution in [0.15, 0.2) is 21.2 Å². The zero-order valence-electron chi connectivity index (χ0n) is 20.8. The van der Waals surface area contributed by atoms with E-state index in [9.17, 15) is 14.4 Å². The van der Waals surface area contributed by atoms with Crippen molar-refractivity contribution in [1.29, 1.82) is 0 Å². The molecule has 3 heterocycles. The second kappa shape index (κ2) is 9.44. The van der Waals surface area contributed by atoms with E-state index in [-0.39, 0.29) is 11.6 Å². The maximum atomic E-state index is 13.1. The number of carbonyl (C=O) groups is 1. The Kier molecular flexibility index (Phi) is 7.04. The monoisotopic (exact) mass is 460 g/mol. The van der Waals surface area contributed by atoms with Crippen LogP contribution in [0.25, 0.3) is 11.2 Å². The van der Waals surface area contributed by atoms with E-state index in [0.29, 0.717) is 30.2 Å². The van der Waals surface area contributed by atoms with Gasteiger partial charge in [0.05, 0.1) is 0 Å². The lowest BCUT2D eigenvalue weighted by Crippen LogP contribution is -2.48. The Labute approximate surface area is 193 Å². The quantitative estimate of drug-likeness (QED) is 0.687. The highest BCUT2D eigenvalue weighted by Crippen LogP contribution is 2.27. The minimum absolute atomic E-state index is 0.00517. The summed E-state index contributed by atoms with van der Waals surface area (Å²) >= 11 is 0. The van der Waals surface area contributed by atoms with Crippen molar-refractivity contribution in [3.8, 4) is 0 Å². The van der Waals surface area contributed by atoms with Crippen molar-refractivity contribution in [2.75, 3.05) is 18.0 Å². The molecule has 0 radical (unpaired) electrons. The van der Waals surface area contributed by atoms with Crippen molar-refractivity contribution < 1.29 is 9.53 Å². The highest BCUT2D eigenvalue weighted by Gasteiger charge is 2.30. The van der Waals surface area contributed by atoms with Gasteiger partial charge in [-0.3, -0.25) is 13.9 Å². The van der Waals surface area contributed by atoms with Crippen LogP contribution in [0.4, 0.5) is 10.7 Å². The fraction of sp³-hybridized carbons (Fsp3) is 0.652. The van der Waals surface area contributed by atoms with E-state index in [2.05, 4.69) is 10.2 Å². The molecule has 182 valence electrons. The highest BCUT2D eigenvalue weighted by molar-refractivity contribution is 5.75. The van der Waals surface area contributed by atoms with Gasteiger partial charge in [-0.05, 0) is 53.9 Å². The average Bonchev–Trinajstić information content (AvgIpc) is 3.11. The molecule has 0 saturated carbocycles. The van der Waals surface area contributed by atoms with Crippen LogP contribution < -0.4 is 21.5 Å². The molecule has 2 aromatic heterocycles. The van der Waals surface area contributed by atoms with Crippen LogP contribution in [0.2, 0.25) is 0 Å². The lowest BCUT2D eigenvalue weighted by molar-refractivity contribution is 0.0522. The molecule has 1 aliphatic rings. The molecule has 1 N–H and O–H groups in total. The zero-order valence-corrected chi connectivity index (χ0v) is 20.8. The first-order chi connectivity index (χ1) is 15.4. The summed E-state index contributed by atoms with van der Waals surface area (Å²) < 4.78 is 9.80. The van der Waals surface area contributed by atoms with Gasteiger partial charge in [0.15, 0.2) is 11.2 Å². The Morgan fingerprint density at radius 1 is 1.18 bits per heavy atom. The normalized spacial score (nSPS) is 16.7. The number of fused-ring (bicyclic) bond motifs is 1. The van der Waals surface area contributed by atoms with Gasteiger partial charge in [0, 0.05) is 39.8 Å². The number of ether oxygens (including phenoxy) is 1. The summed E-state index contributed by atoms with van der Waals surface area (Å²) in [6.07, 6.45) is 4.46. The van der Waals surface area contributed by atoms with Crippen LogP contribution in [0.5, 0.6) is 0 Å². The topological polar surface area (TPSA) is 103 Å². The van der Waals surface area contributed by atoms with Gasteiger partial charge in [0.25, 0.3) is 5.56 Å². The number of allylic oxidation sites excluding steroid dienone is 2. The molecule has 0 aromatic carbocycles. The Morgan fingerprint density at radius 3 is 2.52 bits per heavy atom. The van der Waals surface area contributed by atoms with Gasteiger partial charge in [-0.1, -0.05) is 11.6 Å². The molecule has 1 fully saturated rings. The predicted molar refractivity (Wildman–Crippen MR) is 129 cm³/mol. The largest absolute Gasteiger partial charge is 0.444 e. The standard InChI is InChI=1S/C23H36N6O4/c1-15(2)11-13-29-17-18(26(6)22(32)27(7)19(17)30)25-20(29)28-12-9-8-10-16(28)14-24-21(31)33-23(3,4)5/h11,16H,8-10,12-14H2,1-7H3,(H,24,31). The van der Waals surface area contributed by atoms with Gasteiger partial charge in [0.1, 0.15) is 5.60 Å². The minimum atomic E-state index is -0.570. The summed E-state index contributed by atoms with van der Waals surface area (Å²) in [6, 6.07) is -0.00517. The third kappa shape index (κ3) is 5.31. The number of nitrogens with one attached hydrogen (secondary N) is 1. The van der Waals surface area contributed by atoms with E-state index in [1.54, 1.807) is 7.05 Å². The number of rotatable bonds is 5. The Balaban J connectivity index is 2.05. The van der Waals surface area contributed by atoms with Crippen molar-refractivity contribution in [2.45, 2.75) is 72.1 Å². The number of hydrogen-bond donors (Lipinski definition) is 1. The molecular weight excluding hydrogens is 424 g/mol. The molecule has 1 unspecified atom stereocenters. The first kappa shape index (κ1) is 24.6. The fourth-order valence-electron chi connectivity index (χ4n) is 4.09. The van der Waals surface area contributed by atoms with Gasteiger partial charge >= 0.3 is 11.8 Å². The number of amides is 1. The third-order valence-electron chi connectivity index (χ3n) is 5.77.